The predicted octanol–water partition coefficient (Wildman–Crippen LogP) is 2.53. The van der Waals surface area contributed by atoms with Gasteiger partial charge < -0.3 is 14.5 Å². The molecule has 0 bridgehead atoms. The smallest absolute Gasteiger partial charge is 0.226 e. The number of hydrogen-bond acceptors (Lipinski definition) is 3. The van der Waals surface area contributed by atoms with Gasteiger partial charge in [-0.1, -0.05) is 13.0 Å². The van der Waals surface area contributed by atoms with Crippen molar-refractivity contribution >= 4 is 11.6 Å². The van der Waals surface area contributed by atoms with Gasteiger partial charge in [-0.15, -0.1) is 0 Å². The highest BCUT2D eigenvalue weighted by Gasteiger charge is 2.27. The van der Waals surface area contributed by atoms with Gasteiger partial charge in [0.2, 0.25) is 5.91 Å². The average Bonchev–Trinajstić information content (AvgIpc) is 2.49. The molecule has 0 spiro atoms. The summed E-state index contributed by atoms with van der Waals surface area (Å²) >= 11 is 0. The van der Waals surface area contributed by atoms with Gasteiger partial charge in [0, 0.05) is 24.2 Å². The maximum Gasteiger partial charge on any atom is 0.226 e. The Morgan fingerprint density at radius 2 is 2.10 bits per heavy atom. The van der Waals surface area contributed by atoms with Crippen molar-refractivity contribution in [2.75, 3.05) is 32.1 Å². The lowest BCUT2D eigenvalue weighted by molar-refractivity contribution is -0.119. The largest absolute Gasteiger partial charge is 0.497 e. The third-order valence-corrected chi connectivity index (χ3v) is 3.96. The van der Waals surface area contributed by atoms with Crippen molar-refractivity contribution in [3.05, 3.63) is 24.3 Å². The molecule has 20 heavy (non-hydrogen) atoms. The molecule has 1 heterocycles. The number of nitrogens with zero attached hydrogens (tertiary/aromatic N) is 2. The lowest BCUT2D eigenvalue weighted by Gasteiger charge is -2.37. The van der Waals surface area contributed by atoms with Crippen molar-refractivity contribution in [3.63, 3.8) is 0 Å². The van der Waals surface area contributed by atoms with Gasteiger partial charge in [-0.25, -0.2) is 0 Å². The minimum absolute atomic E-state index is 0.188. The third-order valence-electron chi connectivity index (χ3n) is 3.96. The number of ether oxygens (including phenoxy) is 1. The highest BCUT2D eigenvalue weighted by atomic mass is 16.5. The Bertz CT molecular complexity index is 454. The summed E-state index contributed by atoms with van der Waals surface area (Å²) < 4.78 is 5.28. The molecular weight excluding hydrogens is 252 g/mol. The van der Waals surface area contributed by atoms with Crippen LogP contribution in [0.3, 0.4) is 0 Å². The Labute approximate surface area is 121 Å². The number of hydrogen-bond donors (Lipinski definition) is 0. The Kier molecular flexibility index (Phi) is 5.01. The zero-order chi connectivity index (χ0) is 14.5. The van der Waals surface area contributed by atoms with Crippen molar-refractivity contribution in [2.45, 2.75) is 32.2 Å². The van der Waals surface area contributed by atoms with Gasteiger partial charge >= 0.3 is 0 Å². The fraction of sp³-hybridized carbons (Fsp3) is 0.562. The molecule has 0 aromatic heterocycles. The summed E-state index contributed by atoms with van der Waals surface area (Å²) in [5.41, 5.74) is 0.950. The lowest BCUT2D eigenvalue weighted by atomic mass is 10.0. The molecule has 2 rings (SSSR count). The number of benzene rings is 1. The molecule has 1 aliphatic heterocycles. The third kappa shape index (κ3) is 3.31. The van der Waals surface area contributed by atoms with Crippen LogP contribution < -0.4 is 9.64 Å². The van der Waals surface area contributed by atoms with Crippen LogP contribution in [0.2, 0.25) is 0 Å². The molecule has 1 amide bonds. The molecule has 0 N–H and O–H groups in total. The summed E-state index contributed by atoms with van der Waals surface area (Å²) in [6, 6.07) is 8.09. The molecule has 0 aliphatic carbocycles. The van der Waals surface area contributed by atoms with Crippen LogP contribution in [0, 0.1) is 0 Å². The molecule has 4 heteroatoms. The van der Waals surface area contributed by atoms with Crippen LogP contribution in [0.25, 0.3) is 0 Å². The van der Waals surface area contributed by atoms with Crippen LogP contribution >= 0.6 is 0 Å². The number of rotatable bonds is 4. The van der Waals surface area contributed by atoms with E-state index in [1.807, 2.05) is 36.1 Å². The maximum absolute atomic E-state index is 12.4. The number of amides is 1. The quantitative estimate of drug-likeness (QED) is 0.847. The Morgan fingerprint density at radius 1 is 1.40 bits per heavy atom. The second-order valence-electron chi connectivity index (χ2n) is 5.35. The first-order valence-corrected chi connectivity index (χ1v) is 7.30. The first kappa shape index (κ1) is 14.9. The van der Waals surface area contributed by atoms with Crippen molar-refractivity contribution in [1.82, 2.24) is 4.90 Å². The van der Waals surface area contributed by atoms with E-state index in [1.165, 1.54) is 0 Å². The van der Waals surface area contributed by atoms with E-state index >= 15 is 0 Å². The first-order chi connectivity index (χ1) is 9.65. The summed E-state index contributed by atoms with van der Waals surface area (Å²) in [5.74, 6) is 0.983. The van der Waals surface area contributed by atoms with Crippen LogP contribution in [0.1, 0.15) is 26.2 Å². The van der Waals surface area contributed by atoms with Crippen LogP contribution in [0.4, 0.5) is 5.69 Å². The predicted molar refractivity (Wildman–Crippen MR) is 81.3 cm³/mol. The Hall–Kier alpha value is -1.55. The fourth-order valence-electron chi connectivity index (χ4n) is 2.74. The summed E-state index contributed by atoms with van der Waals surface area (Å²) in [7, 11) is 3.79. The van der Waals surface area contributed by atoms with E-state index in [0.29, 0.717) is 12.5 Å². The van der Waals surface area contributed by atoms with Gasteiger partial charge in [-0.3, -0.25) is 4.79 Å². The summed E-state index contributed by atoms with van der Waals surface area (Å²) in [6.45, 7) is 4.01. The molecule has 1 saturated heterocycles. The number of carbonyl (C=O) groups is 1. The molecule has 110 valence electrons. The number of methoxy groups -OCH3 is 1. The molecule has 1 fully saturated rings. The zero-order valence-corrected chi connectivity index (χ0v) is 12.6. The van der Waals surface area contributed by atoms with Crippen LogP contribution in [-0.4, -0.2) is 44.1 Å². The zero-order valence-electron chi connectivity index (χ0n) is 12.6. The summed E-state index contributed by atoms with van der Waals surface area (Å²) in [4.78, 5) is 16.6. The van der Waals surface area contributed by atoms with E-state index in [-0.39, 0.29) is 5.91 Å². The van der Waals surface area contributed by atoms with Crippen molar-refractivity contribution in [1.29, 1.82) is 0 Å². The number of carbonyl (C=O) groups excluding carboxylic acids is 1. The standard InChI is InChI=1S/C16H24N2O2/c1-4-16(19)18(13-8-10-17(2)11-9-13)14-6-5-7-15(12-14)20-3/h5-7,12-13H,4,8-11H2,1-3H3. The normalized spacial score (nSPS) is 16.9. The van der Waals surface area contributed by atoms with Gasteiger partial charge in [0.1, 0.15) is 5.75 Å². The molecule has 4 nitrogen and oxygen atoms in total. The first-order valence-electron chi connectivity index (χ1n) is 7.30. The number of piperidine rings is 1. The Balaban J connectivity index is 2.24. The molecular formula is C16H24N2O2. The monoisotopic (exact) mass is 276 g/mol. The van der Waals surface area contributed by atoms with Crippen molar-refractivity contribution < 1.29 is 9.53 Å². The number of likely N-dealkylation sites (tertiary alicyclic amines) is 1. The van der Waals surface area contributed by atoms with Crippen LogP contribution in [0.5, 0.6) is 5.75 Å². The molecule has 0 unspecified atom stereocenters. The maximum atomic E-state index is 12.4. The van der Waals surface area contributed by atoms with Crippen molar-refractivity contribution in [2.24, 2.45) is 0 Å². The van der Waals surface area contributed by atoms with Crippen LogP contribution in [-0.2, 0) is 4.79 Å². The average molecular weight is 276 g/mol. The Morgan fingerprint density at radius 3 is 2.70 bits per heavy atom. The van der Waals surface area contributed by atoms with E-state index < -0.39 is 0 Å². The lowest BCUT2D eigenvalue weighted by Crippen LogP contribution is -2.46. The van der Waals surface area contributed by atoms with Gasteiger partial charge in [-0.05, 0) is 45.1 Å². The molecule has 1 aliphatic rings. The molecule has 0 radical (unpaired) electrons. The fourth-order valence-corrected chi connectivity index (χ4v) is 2.74. The van der Waals surface area contributed by atoms with Crippen molar-refractivity contribution in [3.8, 4) is 5.75 Å². The highest BCUT2D eigenvalue weighted by Crippen LogP contribution is 2.27. The van der Waals surface area contributed by atoms with Gasteiger partial charge in [0.15, 0.2) is 0 Å². The molecule has 0 saturated carbocycles. The van der Waals surface area contributed by atoms with E-state index in [4.69, 9.17) is 4.74 Å². The summed E-state index contributed by atoms with van der Waals surface area (Å²) in [6.07, 6.45) is 2.59. The minimum Gasteiger partial charge on any atom is -0.497 e. The van der Waals surface area contributed by atoms with E-state index in [0.717, 1.165) is 37.4 Å². The SMILES string of the molecule is CCC(=O)N(c1cccc(OC)c1)C1CCN(C)CC1. The van der Waals surface area contributed by atoms with E-state index in [2.05, 4.69) is 11.9 Å². The van der Waals surface area contributed by atoms with Gasteiger partial charge in [0.05, 0.1) is 7.11 Å². The van der Waals surface area contributed by atoms with Crippen LogP contribution in [0.15, 0.2) is 24.3 Å². The van der Waals surface area contributed by atoms with E-state index in [9.17, 15) is 4.79 Å². The van der Waals surface area contributed by atoms with Gasteiger partial charge in [-0.2, -0.15) is 0 Å². The van der Waals surface area contributed by atoms with E-state index in [1.54, 1.807) is 7.11 Å². The van der Waals surface area contributed by atoms with Gasteiger partial charge in [0.25, 0.3) is 0 Å². The molecule has 0 atom stereocenters. The second kappa shape index (κ2) is 6.75. The highest BCUT2D eigenvalue weighted by molar-refractivity contribution is 5.94. The topological polar surface area (TPSA) is 32.8 Å². The minimum atomic E-state index is 0.188. The molecule has 1 aromatic carbocycles. The number of anilines is 1. The molecule has 1 aromatic rings. The summed E-state index contributed by atoms with van der Waals surface area (Å²) in [5, 5.41) is 0. The second-order valence-corrected chi connectivity index (χ2v) is 5.35.